The molecule has 1 N–H and O–H groups in total. The number of nitrogens with zero attached hydrogens (tertiary/aromatic N) is 1. The van der Waals surface area contributed by atoms with Crippen molar-refractivity contribution >= 4 is 5.69 Å². The third kappa shape index (κ3) is 2.86. The van der Waals surface area contributed by atoms with Gasteiger partial charge in [-0.15, -0.1) is 0 Å². The number of hydrogen-bond donors (Lipinski definition) is 1. The predicted octanol–water partition coefficient (Wildman–Crippen LogP) is 3.13. The zero-order valence-corrected chi connectivity index (χ0v) is 12.2. The van der Waals surface area contributed by atoms with Crippen molar-refractivity contribution in [2.24, 2.45) is 5.92 Å². The SMILES string of the molecule is CCC(C)C1CN(c2ccc(C)cc2C)CCN1. The predicted molar refractivity (Wildman–Crippen MR) is 79.4 cm³/mol. The average molecular weight is 246 g/mol. The van der Waals surface area contributed by atoms with Crippen LogP contribution in [0.2, 0.25) is 0 Å². The molecule has 18 heavy (non-hydrogen) atoms. The fourth-order valence-electron chi connectivity index (χ4n) is 2.82. The van der Waals surface area contributed by atoms with Gasteiger partial charge in [-0.25, -0.2) is 0 Å². The van der Waals surface area contributed by atoms with Gasteiger partial charge in [0.15, 0.2) is 0 Å². The quantitative estimate of drug-likeness (QED) is 0.881. The van der Waals surface area contributed by atoms with Gasteiger partial charge in [-0.3, -0.25) is 0 Å². The van der Waals surface area contributed by atoms with Crippen molar-refractivity contribution in [1.82, 2.24) is 5.32 Å². The molecule has 0 aliphatic carbocycles. The molecule has 1 aliphatic heterocycles. The molecule has 0 spiro atoms. The van der Waals surface area contributed by atoms with E-state index in [-0.39, 0.29) is 0 Å². The summed E-state index contributed by atoms with van der Waals surface area (Å²) < 4.78 is 0. The second-order valence-electron chi connectivity index (χ2n) is 5.68. The molecule has 1 aliphatic rings. The van der Waals surface area contributed by atoms with Crippen LogP contribution < -0.4 is 10.2 Å². The summed E-state index contributed by atoms with van der Waals surface area (Å²) >= 11 is 0. The molecule has 2 rings (SSSR count). The first kappa shape index (κ1) is 13.4. The molecule has 0 saturated carbocycles. The summed E-state index contributed by atoms with van der Waals surface area (Å²) in [4.78, 5) is 2.54. The van der Waals surface area contributed by atoms with Gasteiger partial charge in [0.2, 0.25) is 0 Å². The largest absolute Gasteiger partial charge is 0.368 e. The highest BCUT2D eigenvalue weighted by Gasteiger charge is 2.23. The van der Waals surface area contributed by atoms with E-state index in [0.29, 0.717) is 6.04 Å². The van der Waals surface area contributed by atoms with Gasteiger partial charge in [-0.2, -0.15) is 0 Å². The highest BCUT2D eigenvalue weighted by Crippen LogP contribution is 2.24. The molecule has 1 heterocycles. The molecule has 2 heteroatoms. The number of benzene rings is 1. The maximum absolute atomic E-state index is 3.66. The number of nitrogens with one attached hydrogen (secondary N) is 1. The van der Waals surface area contributed by atoms with Gasteiger partial charge in [0.05, 0.1) is 0 Å². The number of hydrogen-bond acceptors (Lipinski definition) is 2. The zero-order chi connectivity index (χ0) is 13.1. The Morgan fingerprint density at radius 2 is 2.17 bits per heavy atom. The first-order chi connectivity index (χ1) is 8.61. The molecule has 2 nitrogen and oxygen atoms in total. The minimum atomic E-state index is 0.629. The lowest BCUT2D eigenvalue weighted by molar-refractivity contribution is 0.341. The van der Waals surface area contributed by atoms with Gasteiger partial charge in [0.1, 0.15) is 0 Å². The molecule has 1 fully saturated rings. The Bertz CT molecular complexity index is 400. The second kappa shape index (κ2) is 5.75. The van der Waals surface area contributed by atoms with Crippen LogP contribution in [0.4, 0.5) is 5.69 Å². The van der Waals surface area contributed by atoms with Gasteiger partial charge in [-0.05, 0) is 31.4 Å². The molecule has 0 amide bonds. The van der Waals surface area contributed by atoms with E-state index in [0.717, 1.165) is 25.6 Å². The molecule has 100 valence electrons. The van der Waals surface area contributed by atoms with Gasteiger partial charge in [-0.1, -0.05) is 38.0 Å². The van der Waals surface area contributed by atoms with Crippen LogP contribution in [0, 0.1) is 19.8 Å². The summed E-state index contributed by atoms with van der Waals surface area (Å²) in [6.07, 6.45) is 1.25. The molecule has 1 aromatic rings. The summed E-state index contributed by atoms with van der Waals surface area (Å²) in [5.41, 5.74) is 4.17. The molecule has 2 unspecified atom stereocenters. The number of rotatable bonds is 3. The zero-order valence-electron chi connectivity index (χ0n) is 12.2. The Hall–Kier alpha value is -1.02. The first-order valence-electron chi connectivity index (χ1n) is 7.17. The fourth-order valence-corrected chi connectivity index (χ4v) is 2.82. The van der Waals surface area contributed by atoms with Crippen molar-refractivity contribution in [3.05, 3.63) is 29.3 Å². The van der Waals surface area contributed by atoms with Gasteiger partial charge in [0, 0.05) is 31.4 Å². The lowest BCUT2D eigenvalue weighted by Crippen LogP contribution is -2.53. The van der Waals surface area contributed by atoms with Crippen LogP contribution >= 0.6 is 0 Å². The minimum Gasteiger partial charge on any atom is -0.368 e. The van der Waals surface area contributed by atoms with Crippen LogP contribution in [-0.2, 0) is 0 Å². The molecular formula is C16H26N2. The fraction of sp³-hybridized carbons (Fsp3) is 0.625. The lowest BCUT2D eigenvalue weighted by atomic mass is 9.96. The number of piperazine rings is 1. The monoisotopic (exact) mass is 246 g/mol. The second-order valence-corrected chi connectivity index (χ2v) is 5.68. The smallest absolute Gasteiger partial charge is 0.0397 e. The van der Waals surface area contributed by atoms with E-state index in [9.17, 15) is 0 Å². The molecule has 0 bridgehead atoms. The van der Waals surface area contributed by atoms with E-state index in [4.69, 9.17) is 0 Å². The van der Waals surface area contributed by atoms with Crippen LogP contribution in [0.15, 0.2) is 18.2 Å². The van der Waals surface area contributed by atoms with Crippen molar-refractivity contribution in [1.29, 1.82) is 0 Å². The molecule has 1 aromatic carbocycles. The number of anilines is 1. The van der Waals surface area contributed by atoms with E-state index in [1.165, 1.54) is 23.2 Å². The van der Waals surface area contributed by atoms with Gasteiger partial charge < -0.3 is 10.2 Å². The van der Waals surface area contributed by atoms with Crippen LogP contribution in [0.25, 0.3) is 0 Å². The summed E-state index contributed by atoms with van der Waals surface area (Å²) in [7, 11) is 0. The van der Waals surface area contributed by atoms with E-state index < -0.39 is 0 Å². The Balaban J connectivity index is 2.13. The summed E-state index contributed by atoms with van der Waals surface area (Å²) in [6.45, 7) is 12.4. The first-order valence-corrected chi connectivity index (χ1v) is 7.17. The Labute approximate surface area is 111 Å². The normalized spacial score (nSPS) is 22.0. The van der Waals surface area contributed by atoms with E-state index in [1.54, 1.807) is 0 Å². The molecular weight excluding hydrogens is 220 g/mol. The highest BCUT2D eigenvalue weighted by atomic mass is 15.2. The van der Waals surface area contributed by atoms with Crippen molar-refractivity contribution in [3.8, 4) is 0 Å². The van der Waals surface area contributed by atoms with Gasteiger partial charge >= 0.3 is 0 Å². The van der Waals surface area contributed by atoms with Crippen LogP contribution in [0.3, 0.4) is 0 Å². The minimum absolute atomic E-state index is 0.629. The van der Waals surface area contributed by atoms with E-state index >= 15 is 0 Å². The summed E-state index contributed by atoms with van der Waals surface area (Å²) in [5, 5.41) is 3.66. The summed E-state index contributed by atoms with van der Waals surface area (Å²) in [5.74, 6) is 0.749. The molecule has 0 radical (unpaired) electrons. The van der Waals surface area contributed by atoms with Crippen molar-refractivity contribution < 1.29 is 0 Å². The molecule has 0 aromatic heterocycles. The standard InChI is InChI=1S/C16H26N2/c1-5-13(3)15-11-18(9-8-17-15)16-7-6-12(2)10-14(16)4/h6-7,10,13,15,17H,5,8-9,11H2,1-4H3. The van der Waals surface area contributed by atoms with Crippen LogP contribution in [-0.4, -0.2) is 25.7 Å². The Morgan fingerprint density at radius 1 is 1.39 bits per heavy atom. The lowest BCUT2D eigenvalue weighted by Gasteiger charge is -2.38. The third-order valence-corrected chi connectivity index (χ3v) is 4.23. The molecule has 1 saturated heterocycles. The van der Waals surface area contributed by atoms with E-state index in [2.05, 4.69) is 56.1 Å². The third-order valence-electron chi connectivity index (χ3n) is 4.23. The Morgan fingerprint density at radius 3 is 2.83 bits per heavy atom. The Kier molecular flexibility index (Phi) is 4.28. The van der Waals surface area contributed by atoms with Crippen molar-refractivity contribution in [3.63, 3.8) is 0 Å². The summed E-state index contributed by atoms with van der Waals surface area (Å²) in [6, 6.07) is 7.42. The topological polar surface area (TPSA) is 15.3 Å². The maximum atomic E-state index is 3.66. The average Bonchev–Trinajstić information content (AvgIpc) is 2.38. The van der Waals surface area contributed by atoms with E-state index in [1.807, 2.05) is 0 Å². The van der Waals surface area contributed by atoms with Crippen molar-refractivity contribution in [2.45, 2.75) is 40.2 Å². The van der Waals surface area contributed by atoms with Gasteiger partial charge in [0.25, 0.3) is 0 Å². The van der Waals surface area contributed by atoms with Crippen LogP contribution in [0.1, 0.15) is 31.4 Å². The van der Waals surface area contributed by atoms with Crippen LogP contribution in [0.5, 0.6) is 0 Å². The molecule has 2 atom stereocenters. The highest BCUT2D eigenvalue weighted by molar-refractivity contribution is 5.54. The maximum Gasteiger partial charge on any atom is 0.0397 e. The van der Waals surface area contributed by atoms with Crippen molar-refractivity contribution in [2.75, 3.05) is 24.5 Å². The number of aryl methyl sites for hydroxylation is 2.